The third kappa shape index (κ3) is 2.79. The highest BCUT2D eigenvalue weighted by atomic mass is 16.3. The number of hydrogen-bond donors (Lipinski definition) is 2. The summed E-state index contributed by atoms with van der Waals surface area (Å²) in [5, 5.41) is 18.5. The lowest BCUT2D eigenvalue weighted by molar-refractivity contribution is 0.477. The van der Waals surface area contributed by atoms with Crippen molar-refractivity contribution in [2.45, 2.75) is 24.9 Å². The van der Waals surface area contributed by atoms with Gasteiger partial charge in [-0.25, -0.2) is 0 Å². The molecule has 7 heteroatoms. The fourth-order valence-electron chi connectivity index (χ4n) is 4.49. The Morgan fingerprint density at radius 3 is 2.50 bits per heavy atom. The predicted molar refractivity (Wildman–Crippen MR) is 109 cm³/mol. The van der Waals surface area contributed by atoms with Crippen LogP contribution < -0.4 is 15.5 Å². The van der Waals surface area contributed by atoms with Crippen molar-refractivity contribution in [2.75, 3.05) is 28.6 Å². The van der Waals surface area contributed by atoms with Gasteiger partial charge >= 0.3 is 0 Å². The Balaban J connectivity index is 1.45. The van der Waals surface area contributed by atoms with Gasteiger partial charge in [0.1, 0.15) is 5.75 Å². The number of fused-ring (bicyclic) bond motifs is 2. The summed E-state index contributed by atoms with van der Waals surface area (Å²) in [6, 6.07) is 14.1. The van der Waals surface area contributed by atoms with Crippen molar-refractivity contribution >= 4 is 17.2 Å². The molecule has 2 fully saturated rings. The summed E-state index contributed by atoms with van der Waals surface area (Å²) in [4.78, 5) is 9.09. The highest BCUT2D eigenvalue weighted by Gasteiger charge is 2.40. The Labute approximate surface area is 163 Å². The van der Waals surface area contributed by atoms with Gasteiger partial charge in [0.15, 0.2) is 5.82 Å². The molecule has 0 saturated carbocycles. The molecule has 1 aromatic carbocycles. The summed E-state index contributed by atoms with van der Waals surface area (Å²) in [5.41, 5.74) is 9.55. The number of pyridine rings is 1. The fraction of sp³-hybridized carbons (Fsp3) is 0.286. The largest absolute Gasteiger partial charge is 0.507 e. The monoisotopic (exact) mass is 374 g/mol. The molecule has 2 aromatic heterocycles. The van der Waals surface area contributed by atoms with Crippen LogP contribution in [0, 0.1) is 0 Å². The van der Waals surface area contributed by atoms with Crippen LogP contribution in [0.5, 0.6) is 5.75 Å². The van der Waals surface area contributed by atoms with E-state index in [1.165, 1.54) is 5.69 Å². The Hall–Kier alpha value is -3.35. The molecule has 2 saturated heterocycles. The van der Waals surface area contributed by atoms with Crippen molar-refractivity contribution < 1.29 is 5.11 Å². The van der Waals surface area contributed by atoms with Crippen molar-refractivity contribution in [3.63, 3.8) is 0 Å². The van der Waals surface area contributed by atoms with Gasteiger partial charge in [0.05, 0.1) is 23.3 Å². The number of aromatic nitrogens is 3. The molecule has 0 radical (unpaired) electrons. The number of nitrogen functional groups attached to an aromatic ring is 1. The number of para-hydroxylation sites is 1. The summed E-state index contributed by atoms with van der Waals surface area (Å²) < 4.78 is 0. The van der Waals surface area contributed by atoms with Crippen LogP contribution in [-0.4, -0.2) is 45.5 Å². The van der Waals surface area contributed by atoms with Gasteiger partial charge in [-0.15, -0.1) is 10.2 Å². The minimum Gasteiger partial charge on any atom is -0.507 e. The molecule has 0 amide bonds. The van der Waals surface area contributed by atoms with E-state index in [4.69, 9.17) is 5.73 Å². The molecule has 3 N–H and O–H groups in total. The van der Waals surface area contributed by atoms with Gasteiger partial charge in [0.25, 0.3) is 0 Å². The Bertz CT molecular complexity index is 981. The molecule has 2 aliphatic rings. The fourth-order valence-corrected chi connectivity index (χ4v) is 4.49. The Morgan fingerprint density at radius 1 is 1.00 bits per heavy atom. The van der Waals surface area contributed by atoms with Crippen molar-refractivity contribution in [3.05, 3.63) is 54.9 Å². The summed E-state index contributed by atoms with van der Waals surface area (Å²) in [5.74, 6) is 0.613. The minimum atomic E-state index is 0.189. The van der Waals surface area contributed by atoms with Gasteiger partial charge in [-0.3, -0.25) is 4.98 Å². The normalized spacial score (nSPS) is 21.1. The van der Waals surface area contributed by atoms with Crippen LogP contribution in [0.1, 0.15) is 12.8 Å². The standard InChI is InChI=1S/C21H22N6O/c22-21-19(10-18(24-25-21)17-5-1-2-6-20(17)28)26-12-15-7-8-16(13-26)27(15)14-4-3-9-23-11-14/h1-6,9-11,15-16,28H,7-8,12-13H2,(H2,22,25). The maximum Gasteiger partial charge on any atom is 0.169 e. The number of aromatic hydroxyl groups is 1. The number of piperazine rings is 1. The number of hydrogen-bond acceptors (Lipinski definition) is 7. The molecule has 2 atom stereocenters. The molecule has 4 heterocycles. The highest BCUT2D eigenvalue weighted by Crippen LogP contribution is 2.38. The molecule has 5 rings (SSSR count). The maximum atomic E-state index is 10.2. The number of benzene rings is 1. The van der Waals surface area contributed by atoms with Crippen LogP contribution in [0.25, 0.3) is 11.3 Å². The Morgan fingerprint density at radius 2 is 1.79 bits per heavy atom. The maximum absolute atomic E-state index is 10.2. The summed E-state index contributed by atoms with van der Waals surface area (Å²) in [7, 11) is 0. The molecule has 2 unspecified atom stereocenters. The summed E-state index contributed by atoms with van der Waals surface area (Å²) in [6.07, 6.45) is 6.06. The Kier molecular flexibility index (Phi) is 4.00. The summed E-state index contributed by atoms with van der Waals surface area (Å²) in [6.45, 7) is 1.75. The number of nitrogens with two attached hydrogens (primary N) is 1. The van der Waals surface area contributed by atoms with Crippen molar-refractivity contribution in [3.8, 4) is 17.0 Å². The van der Waals surface area contributed by atoms with Crippen LogP contribution in [-0.2, 0) is 0 Å². The average molecular weight is 374 g/mol. The second-order valence-electron chi connectivity index (χ2n) is 7.43. The van der Waals surface area contributed by atoms with Crippen molar-refractivity contribution in [2.24, 2.45) is 0 Å². The molecular formula is C21H22N6O. The molecule has 7 nitrogen and oxygen atoms in total. The van der Waals surface area contributed by atoms with Crippen LogP contribution in [0.3, 0.4) is 0 Å². The van der Waals surface area contributed by atoms with E-state index in [0.29, 0.717) is 29.2 Å². The van der Waals surface area contributed by atoms with E-state index < -0.39 is 0 Å². The zero-order valence-electron chi connectivity index (χ0n) is 15.4. The number of anilines is 3. The third-order valence-electron chi connectivity index (χ3n) is 5.75. The van der Waals surface area contributed by atoms with Crippen LogP contribution in [0.4, 0.5) is 17.2 Å². The second kappa shape index (κ2) is 6.67. The van der Waals surface area contributed by atoms with Gasteiger partial charge < -0.3 is 20.6 Å². The lowest BCUT2D eigenvalue weighted by Crippen LogP contribution is -2.54. The van der Waals surface area contributed by atoms with Crippen LogP contribution in [0.2, 0.25) is 0 Å². The lowest BCUT2D eigenvalue weighted by Gasteiger charge is -2.43. The number of phenolic OH excluding ortho intramolecular Hbond substituents is 1. The van der Waals surface area contributed by atoms with Gasteiger partial charge in [-0.05, 0) is 43.2 Å². The molecule has 0 aliphatic carbocycles. The number of phenols is 1. The molecule has 2 bridgehead atoms. The number of rotatable bonds is 3. The van der Waals surface area contributed by atoms with E-state index in [1.54, 1.807) is 12.1 Å². The summed E-state index contributed by atoms with van der Waals surface area (Å²) >= 11 is 0. The van der Waals surface area contributed by atoms with E-state index in [1.807, 2.05) is 36.7 Å². The lowest BCUT2D eigenvalue weighted by atomic mass is 10.1. The van der Waals surface area contributed by atoms with Crippen LogP contribution >= 0.6 is 0 Å². The van der Waals surface area contributed by atoms with E-state index >= 15 is 0 Å². The SMILES string of the molecule is Nc1nnc(-c2ccccc2O)cc1N1CC2CCC(C1)N2c1cccnc1. The van der Waals surface area contributed by atoms with E-state index in [0.717, 1.165) is 31.6 Å². The molecule has 2 aliphatic heterocycles. The van der Waals surface area contributed by atoms with Crippen molar-refractivity contribution in [1.29, 1.82) is 0 Å². The first-order valence-electron chi connectivity index (χ1n) is 9.55. The van der Waals surface area contributed by atoms with Crippen molar-refractivity contribution in [1.82, 2.24) is 15.2 Å². The van der Waals surface area contributed by atoms with E-state index in [9.17, 15) is 5.11 Å². The zero-order valence-corrected chi connectivity index (χ0v) is 15.4. The molecule has 28 heavy (non-hydrogen) atoms. The average Bonchev–Trinajstić information content (AvgIpc) is 2.99. The third-order valence-corrected chi connectivity index (χ3v) is 5.75. The number of nitrogens with zero attached hydrogens (tertiary/aromatic N) is 5. The van der Waals surface area contributed by atoms with E-state index in [2.05, 4.69) is 31.0 Å². The molecular weight excluding hydrogens is 352 g/mol. The van der Waals surface area contributed by atoms with Gasteiger partial charge in [0.2, 0.25) is 0 Å². The second-order valence-corrected chi connectivity index (χ2v) is 7.43. The molecule has 0 spiro atoms. The van der Waals surface area contributed by atoms with E-state index in [-0.39, 0.29) is 5.75 Å². The van der Waals surface area contributed by atoms with Gasteiger partial charge in [-0.2, -0.15) is 0 Å². The minimum absolute atomic E-state index is 0.189. The predicted octanol–water partition coefficient (Wildman–Crippen LogP) is 2.68. The van der Waals surface area contributed by atoms with Gasteiger partial charge in [-0.1, -0.05) is 12.1 Å². The smallest absolute Gasteiger partial charge is 0.169 e. The topological polar surface area (TPSA) is 91.4 Å². The zero-order chi connectivity index (χ0) is 19.1. The van der Waals surface area contributed by atoms with Gasteiger partial charge in [0, 0.05) is 36.9 Å². The molecule has 142 valence electrons. The quantitative estimate of drug-likeness (QED) is 0.728. The first-order chi connectivity index (χ1) is 13.7. The first kappa shape index (κ1) is 16.8. The molecule has 3 aromatic rings. The van der Waals surface area contributed by atoms with Crippen LogP contribution in [0.15, 0.2) is 54.9 Å². The first-order valence-corrected chi connectivity index (χ1v) is 9.55. The highest BCUT2D eigenvalue weighted by molar-refractivity contribution is 5.74.